The number of hydrogen-bond donors (Lipinski definition) is 1. The molecular weight excluding hydrogens is 278 g/mol. The van der Waals surface area contributed by atoms with E-state index in [1.54, 1.807) is 0 Å². The topological polar surface area (TPSA) is 40.5 Å². The Morgan fingerprint density at radius 1 is 1.30 bits per heavy atom. The number of carboxylic acid groups (broad SMARTS) is 1. The Labute approximate surface area is 112 Å². The second-order valence-electron chi connectivity index (χ2n) is 4.40. The molecule has 0 aromatic heterocycles. The number of amides is 1. The van der Waals surface area contributed by atoms with Gasteiger partial charge in [-0.15, -0.1) is 0 Å². The van der Waals surface area contributed by atoms with E-state index in [1.165, 1.54) is 6.08 Å². The van der Waals surface area contributed by atoms with E-state index >= 15 is 0 Å². The van der Waals surface area contributed by atoms with Gasteiger partial charge in [0, 0.05) is 13.1 Å². The normalized spacial score (nSPS) is 16.0. The lowest BCUT2D eigenvalue weighted by molar-refractivity contribution is -0.138. The summed E-state index contributed by atoms with van der Waals surface area (Å²) in [5.74, 6) is -0.954. The van der Waals surface area contributed by atoms with Crippen LogP contribution in [0.4, 0.5) is 22.4 Å². The van der Waals surface area contributed by atoms with Crippen LogP contribution in [0.2, 0.25) is 0 Å². The van der Waals surface area contributed by atoms with Gasteiger partial charge in [0.05, 0.1) is 5.56 Å². The lowest BCUT2D eigenvalue weighted by Gasteiger charge is -2.25. The molecule has 7 heteroatoms. The maximum absolute atomic E-state index is 13.0. The first-order valence-electron chi connectivity index (χ1n) is 5.83. The van der Waals surface area contributed by atoms with Crippen molar-refractivity contribution in [3.63, 3.8) is 0 Å². The first-order chi connectivity index (χ1) is 9.29. The van der Waals surface area contributed by atoms with Crippen molar-refractivity contribution >= 4 is 11.7 Å². The zero-order valence-electron chi connectivity index (χ0n) is 10.2. The van der Waals surface area contributed by atoms with Crippen molar-refractivity contribution in [3.8, 4) is 0 Å². The van der Waals surface area contributed by atoms with Gasteiger partial charge in [-0.25, -0.2) is 9.18 Å². The minimum absolute atomic E-state index is 0.0271. The molecule has 0 fully saturated rings. The summed E-state index contributed by atoms with van der Waals surface area (Å²) in [6.45, 7) is 0.148. The first-order valence-corrected chi connectivity index (χ1v) is 5.83. The van der Waals surface area contributed by atoms with E-state index in [0.717, 1.165) is 17.0 Å². The minimum Gasteiger partial charge on any atom is -0.465 e. The molecule has 1 aliphatic heterocycles. The Kier molecular flexibility index (Phi) is 3.69. The second-order valence-corrected chi connectivity index (χ2v) is 4.40. The predicted molar refractivity (Wildman–Crippen MR) is 63.6 cm³/mol. The standard InChI is InChI=1S/C13H11F4NO2/c14-9-1-2-10(11(7-9)13(15,16)17)8-3-5-18(6-4-8)12(19)20/h1-3,7H,4-6H2,(H,19,20). The molecule has 0 spiro atoms. The van der Waals surface area contributed by atoms with E-state index in [4.69, 9.17) is 5.11 Å². The van der Waals surface area contributed by atoms with Gasteiger partial charge >= 0.3 is 12.3 Å². The van der Waals surface area contributed by atoms with Crippen LogP contribution in [0.1, 0.15) is 17.5 Å². The van der Waals surface area contributed by atoms with E-state index in [1.807, 2.05) is 0 Å². The van der Waals surface area contributed by atoms with Crippen molar-refractivity contribution in [2.75, 3.05) is 13.1 Å². The van der Waals surface area contributed by atoms with Crippen LogP contribution >= 0.6 is 0 Å². The van der Waals surface area contributed by atoms with Gasteiger partial charge in [0.15, 0.2) is 0 Å². The number of benzene rings is 1. The largest absolute Gasteiger partial charge is 0.465 e. The van der Waals surface area contributed by atoms with Crippen LogP contribution in [0.3, 0.4) is 0 Å². The van der Waals surface area contributed by atoms with E-state index in [9.17, 15) is 22.4 Å². The molecule has 0 saturated heterocycles. The molecule has 0 atom stereocenters. The number of halogens is 4. The fourth-order valence-corrected chi connectivity index (χ4v) is 2.12. The highest BCUT2D eigenvalue weighted by atomic mass is 19.4. The average molecular weight is 289 g/mol. The van der Waals surface area contributed by atoms with E-state index in [0.29, 0.717) is 11.6 Å². The van der Waals surface area contributed by atoms with E-state index in [-0.39, 0.29) is 25.1 Å². The molecule has 1 aromatic carbocycles. The molecule has 0 radical (unpaired) electrons. The first kappa shape index (κ1) is 14.4. The molecule has 1 amide bonds. The van der Waals surface area contributed by atoms with Crippen molar-refractivity contribution in [2.45, 2.75) is 12.6 Å². The van der Waals surface area contributed by atoms with Crippen LogP contribution in [-0.2, 0) is 6.18 Å². The zero-order valence-corrected chi connectivity index (χ0v) is 10.2. The second kappa shape index (κ2) is 5.15. The summed E-state index contributed by atoms with van der Waals surface area (Å²) < 4.78 is 51.7. The van der Waals surface area contributed by atoms with Crippen LogP contribution in [0.5, 0.6) is 0 Å². The average Bonchev–Trinajstić information content (AvgIpc) is 2.38. The molecule has 1 N–H and O–H groups in total. The molecule has 0 bridgehead atoms. The summed E-state index contributed by atoms with van der Waals surface area (Å²) in [5, 5.41) is 8.78. The summed E-state index contributed by atoms with van der Waals surface area (Å²) >= 11 is 0. The Bertz CT molecular complexity index is 566. The third kappa shape index (κ3) is 2.92. The van der Waals surface area contributed by atoms with Gasteiger partial charge < -0.3 is 10.0 Å². The predicted octanol–water partition coefficient (Wildman–Crippen LogP) is 3.61. The fourth-order valence-electron chi connectivity index (χ4n) is 2.12. The zero-order chi connectivity index (χ0) is 14.9. The highest BCUT2D eigenvalue weighted by Gasteiger charge is 2.35. The smallest absolute Gasteiger partial charge is 0.417 e. The van der Waals surface area contributed by atoms with Crippen LogP contribution in [0.25, 0.3) is 5.57 Å². The lowest BCUT2D eigenvalue weighted by Crippen LogP contribution is -2.33. The van der Waals surface area contributed by atoms with Gasteiger partial charge in [-0.2, -0.15) is 13.2 Å². The van der Waals surface area contributed by atoms with Crippen LogP contribution in [-0.4, -0.2) is 29.2 Å². The van der Waals surface area contributed by atoms with Gasteiger partial charge in [0.25, 0.3) is 0 Å². The Hall–Kier alpha value is -2.05. The molecule has 1 heterocycles. The SMILES string of the molecule is O=C(O)N1CC=C(c2ccc(F)cc2C(F)(F)F)CC1. The third-order valence-corrected chi connectivity index (χ3v) is 3.11. The van der Waals surface area contributed by atoms with Crippen molar-refractivity contribution in [1.29, 1.82) is 0 Å². The molecule has 1 aliphatic rings. The highest BCUT2D eigenvalue weighted by molar-refractivity contribution is 5.73. The number of rotatable bonds is 1. The quantitative estimate of drug-likeness (QED) is 0.802. The van der Waals surface area contributed by atoms with E-state index < -0.39 is 23.7 Å². The van der Waals surface area contributed by atoms with Gasteiger partial charge in [-0.05, 0) is 29.7 Å². The molecule has 0 aliphatic carbocycles. The maximum Gasteiger partial charge on any atom is 0.417 e. The number of nitrogens with zero attached hydrogens (tertiary/aromatic N) is 1. The number of hydrogen-bond acceptors (Lipinski definition) is 1. The monoisotopic (exact) mass is 289 g/mol. The third-order valence-electron chi connectivity index (χ3n) is 3.11. The molecule has 0 saturated carbocycles. The van der Waals surface area contributed by atoms with Gasteiger partial charge in [0.1, 0.15) is 5.82 Å². The van der Waals surface area contributed by atoms with Crippen molar-refractivity contribution in [3.05, 3.63) is 41.2 Å². The van der Waals surface area contributed by atoms with Gasteiger partial charge in [-0.3, -0.25) is 0 Å². The summed E-state index contributed by atoms with van der Waals surface area (Å²) in [6, 6.07) is 2.51. The summed E-state index contributed by atoms with van der Waals surface area (Å²) in [7, 11) is 0. The number of alkyl halides is 3. The Balaban J connectivity index is 2.37. The summed E-state index contributed by atoms with van der Waals surface area (Å²) in [4.78, 5) is 11.8. The molecule has 1 aromatic rings. The Morgan fingerprint density at radius 2 is 2.00 bits per heavy atom. The molecule has 2 rings (SSSR count). The fraction of sp³-hybridized carbons (Fsp3) is 0.308. The van der Waals surface area contributed by atoms with Gasteiger partial charge in [0.2, 0.25) is 0 Å². The van der Waals surface area contributed by atoms with Crippen molar-refractivity contribution in [1.82, 2.24) is 4.90 Å². The van der Waals surface area contributed by atoms with Crippen molar-refractivity contribution < 1.29 is 27.5 Å². The summed E-state index contributed by atoms with van der Waals surface area (Å²) in [6.07, 6.45) is -4.17. The molecular formula is C13H11F4NO2. The molecule has 0 unspecified atom stereocenters. The van der Waals surface area contributed by atoms with E-state index in [2.05, 4.69) is 0 Å². The molecule has 20 heavy (non-hydrogen) atoms. The van der Waals surface area contributed by atoms with Crippen LogP contribution in [0, 0.1) is 5.82 Å². The van der Waals surface area contributed by atoms with Crippen LogP contribution in [0.15, 0.2) is 24.3 Å². The minimum atomic E-state index is -4.65. The maximum atomic E-state index is 13.0. The lowest BCUT2D eigenvalue weighted by atomic mass is 9.94. The highest BCUT2D eigenvalue weighted by Crippen LogP contribution is 2.37. The number of carbonyl (C=O) groups is 1. The molecule has 3 nitrogen and oxygen atoms in total. The van der Waals surface area contributed by atoms with Crippen molar-refractivity contribution in [2.24, 2.45) is 0 Å². The van der Waals surface area contributed by atoms with Crippen LogP contribution < -0.4 is 0 Å². The molecule has 108 valence electrons. The Morgan fingerprint density at radius 3 is 2.50 bits per heavy atom. The summed E-state index contributed by atoms with van der Waals surface area (Å²) in [5.41, 5.74) is -0.744. The van der Waals surface area contributed by atoms with Gasteiger partial charge in [-0.1, -0.05) is 12.1 Å².